The summed E-state index contributed by atoms with van der Waals surface area (Å²) in [4.78, 5) is 16.6. The molecule has 1 amide bonds. The summed E-state index contributed by atoms with van der Waals surface area (Å²) in [5, 5.41) is 13.3. The minimum absolute atomic E-state index is 0.112. The molecule has 2 aromatic heterocycles. The molecule has 2 aliphatic rings. The Kier molecular flexibility index (Phi) is 5.21. The standard InChI is InChI=1S/C20H27N5O4S/c1-20(2,3)23-19(26)29-13-5-4-12(10-13)15-11-17(25-24-15)22-18-14-7-9-30(27,28)16(14)6-8-21-18/h6,8,11-13H,4-5,7,9-10H2,1-3H3,(H,23,26)(H2,21,22,24,25)/t12-,13+/m0/s1. The zero-order valence-corrected chi connectivity index (χ0v) is 18.2. The number of alkyl carbamates (subject to hydrolysis) is 1. The van der Waals surface area contributed by atoms with Crippen molar-refractivity contribution in [2.45, 2.75) is 68.9 Å². The number of hydrogen-bond donors (Lipinski definition) is 3. The van der Waals surface area contributed by atoms with Crippen LogP contribution in [-0.4, -0.2) is 47.1 Å². The molecule has 0 spiro atoms. The van der Waals surface area contributed by atoms with Gasteiger partial charge in [0.05, 0.1) is 10.6 Å². The van der Waals surface area contributed by atoms with E-state index in [1.54, 1.807) is 6.07 Å². The van der Waals surface area contributed by atoms with E-state index < -0.39 is 9.84 Å². The van der Waals surface area contributed by atoms with Crippen LogP contribution in [0.15, 0.2) is 23.2 Å². The molecule has 0 bridgehead atoms. The molecule has 4 rings (SSSR count). The number of rotatable bonds is 4. The summed E-state index contributed by atoms with van der Waals surface area (Å²) in [6, 6.07) is 3.46. The van der Waals surface area contributed by atoms with Gasteiger partial charge in [-0.2, -0.15) is 5.10 Å². The molecule has 10 heteroatoms. The second-order valence-electron chi connectivity index (χ2n) is 8.95. The predicted molar refractivity (Wildman–Crippen MR) is 112 cm³/mol. The maximum atomic E-state index is 12.1. The van der Waals surface area contributed by atoms with Gasteiger partial charge in [-0.25, -0.2) is 18.2 Å². The Bertz CT molecular complexity index is 1060. The SMILES string of the molecule is CC(C)(C)NC(=O)O[C@@H]1CC[C@H](c2cc(Nc3nccc4c3CCS4(=O)=O)n[nH]2)C1. The van der Waals surface area contributed by atoms with Gasteiger partial charge in [0.25, 0.3) is 0 Å². The highest BCUT2D eigenvalue weighted by atomic mass is 32.2. The third kappa shape index (κ3) is 4.43. The number of carbonyl (C=O) groups excluding carboxylic acids is 1. The van der Waals surface area contributed by atoms with Crippen molar-refractivity contribution in [2.75, 3.05) is 11.1 Å². The van der Waals surface area contributed by atoms with E-state index in [9.17, 15) is 13.2 Å². The summed E-state index contributed by atoms with van der Waals surface area (Å²) < 4.78 is 29.7. The molecule has 2 aromatic rings. The molecule has 30 heavy (non-hydrogen) atoms. The van der Waals surface area contributed by atoms with Gasteiger partial charge in [0.15, 0.2) is 15.7 Å². The molecule has 162 valence electrons. The number of hydrogen-bond acceptors (Lipinski definition) is 7. The number of ether oxygens (including phenoxy) is 1. The smallest absolute Gasteiger partial charge is 0.407 e. The summed E-state index contributed by atoms with van der Waals surface area (Å²) >= 11 is 0. The molecule has 9 nitrogen and oxygen atoms in total. The maximum Gasteiger partial charge on any atom is 0.407 e. The van der Waals surface area contributed by atoms with Crippen molar-refractivity contribution in [1.82, 2.24) is 20.5 Å². The van der Waals surface area contributed by atoms with Crippen LogP contribution in [-0.2, 0) is 21.0 Å². The minimum Gasteiger partial charge on any atom is -0.446 e. The lowest BCUT2D eigenvalue weighted by atomic mass is 10.0. The lowest BCUT2D eigenvalue weighted by Crippen LogP contribution is -2.42. The number of aromatic nitrogens is 3. The molecule has 1 aliphatic carbocycles. The van der Waals surface area contributed by atoms with Gasteiger partial charge in [-0.15, -0.1) is 0 Å². The van der Waals surface area contributed by atoms with E-state index >= 15 is 0 Å². The predicted octanol–water partition coefficient (Wildman–Crippen LogP) is 3.04. The topological polar surface area (TPSA) is 126 Å². The van der Waals surface area contributed by atoms with Crippen LogP contribution in [0.1, 0.15) is 57.2 Å². The van der Waals surface area contributed by atoms with Crippen LogP contribution in [0.25, 0.3) is 0 Å². The number of nitrogens with one attached hydrogen (secondary N) is 3. The van der Waals surface area contributed by atoms with Crippen molar-refractivity contribution in [1.29, 1.82) is 0 Å². The number of anilines is 2. The van der Waals surface area contributed by atoms with E-state index in [0.29, 0.717) is 28.5 Å². The number of pyridine rings is 1. The average Bonchev–Trinajstić information content (AvgIpc) is 3.34. The normalized spacial score (nSPS) is 22.5. The van der Waals surface area contributed by atoms with Gasteiger partial charge < -0.3 is 15.4 Å². The van der Waals surface area contributed by atoms with E-state index in [2.05, 4.69) is 25.8 Å². The molecule has 2 atom stereocenters. The molecular formula is C20H27N5O4S. The van der Waals surface area contributed by atoms with Crippen molar-refractivity contribution in [3.05, 3.63) is 29.6 Å². The van der Waals surface area contributed by atoms with Crippen molar-refractivity contribution in [2.24, 2.45) is 0 Å². The van der Waals surface area contributed by atoms with Crippen molar-refractivity contribution >= 4 is 27.6 Å². The number of carbonyl (C=O) groups is 1. The van der Waals surface area contributed by atoms with Crippen LogP contribution in [0.5, 0.6) is 0 Å². The zero-order chi connectivity index (χ0) is 21.5. The van der Waals surface area contributed by atoms with E-state index in [1.165, 1.54) is 6.20 Å². The molecule has 3 N–H and O–H groups in total. The molecule has 3 heterocycles. The quantitative estimate of drug-likeness (QED) is 0.676. The summed E-state index contributed by atoms with van der Waals surface area (Å²) in [6.07, 6.45) is 3.86. The van der Waals surface area contributed by atoms with Gasteiger partial charge in [-0.3, -0.25) is 5.10 Å². The fraction of sp³-hybridized carbons (Fsp3) is 0.550. The van der Waals surface area contributed by atoms with Gasteiger partial charge in [0.2, 0.25) is 0 Å². The highest BCUT2D eigenvalue weighted by Gasteiger charge is 2.31. The van der Waals surface area contributed by atoms with E-state index in [4.69, 9.17) is 4.74 Å². The highest BCUT2D eigenvalue weighted by molar-refractivity contribution is 7.91. The van der Waals surface area contributed by atoms with Crippen LogP contribution in [0.2, 0.25) is 0 Å². The number of fused-ring (bicyclic) bond motifs is 1. The Balaban J connectivity index is 1.39. The lowest BCUT2D eigenvalue weighted by molar-refractivity contribution is 0.0936. The van der Waals surface area contributed by atoms with Crippen molar-refractivity contribution in [3.8, 4) is 0 Å². The Hall–Kier alpha value is -2.62. The number of nitrogens with zero attached hydrogens (tertiary/aromatic N) is 2. The Labute approximate surface area is 175 Å². The van der Waals surface area contributed by atoms with Crippen LogP contribution in [0.4, 0.5) is 16.4 Å². The minimum atomic E-state index is -3.21. The first-order valence-electron chi connectivity index (χ1n) is 10.1. The van der Waals surface area contributed by atoms with Gasteiger partial charge in [-0.05, 0) is 52.5 Å². The van der Waals surface area contributed by atoms with Gasteiger partial charge >= 0.3 is 6.09 Å². The Morgan fingerprint density at radius 1 is 1.30 bits per heavy atom. The first kappa shape index (κ1) is 20.6. The van der Waals surface area contributed by atoms with E-state index in [-0.39, 0.29) is 29.4 Å². The number of H-pyrrole nitrogens is 1. The van der Waals surface area contributed by atoms with Crippen LogP contribution in [0.3, 0.4) is 0 Å². The Morgan fingerprint density at radius 2 is 2.10 bits per heavy atom. The van der Waals surface area contributed by atoms with Gasteiger partial charge in [0.1, 0.15) is 11.9 Å². The van der Waals surface area contributed by atoms with Crippen molar-refractivity contribution < 1.29 is 17.9 Å². The first-order chi connectivity index (χ1) is 14.1. The maximum absolute atomic E-state index is 12.1. The largest absolute Gasteiger partial charge is 0.446 e. The summed E-state index contributed by atoms with van der Waals surface area (Å²) in [5.41, 5.74) is 1.34. The lowest BCUT2D eigenvalue weighted by Gasteiger charge is -2.22. The number of sulfone groups is 1. The Morgan fingerprint density at radius 3 is 2.87 bits per heavy atom. The average molecular weight is 434 g/mol. The zero-order valence-electron chi connectivity index (χ0n) is 17.4. The molecule has 0 radical (unpaired) electrons. The van der Waals surface area contributed by atoms with Crippen LogP contribution >= 0.6 is 0 Å². The van der Waals surface area contributed by atoms with E-state index in [0.717, 1.165) is 25.0 Å². The molecule has 1 aliphatic heterocycles. The van der Waals surface area contributed by atoms with Gasteiger partial charge in [0, 0.05) is 35.0 Å². The van der Waals surface area contributed by atoms with E-state index in [1.807, 2.05) is 26.8 Å². The molecule has 1 saturated carbocycles. The molecule has 0 unspecified atom stereocenters. The summed E-state index contributed by atoms with van der Waals surface area (Å²) in [7, 11) is -3.21. The molecule has 0 saturated heterocycles. The monoisotopic (exact) mass is 433 g/mol. The number of amides is 1. The van der Waals surface area contributed by atoms with Crippen LogP contribution < -0.4 is 10.6 Å². The molecular weight excluding hydrogens is 406 g/mol. The first-order valence-corrected chi connectivity index (χ1v) is 11.8. The van der Waals surface area contributed by atoms with Crippen molar-refractivity contribution in [3.63, 3.8) is 0 Å². The summed E-state index contributed by atoms with van der Waals surface area (Å²) in [5.74, 6) is 1.44. The second-order valence-corrected chi connectivity index (χ2v) is 11.0. The fourth-order valence-electron chi connectivity index (χ4n) is 4.01. The summed E-state index contributed by atoms with van der Waals surface area (Å²) in [6.45, 7) is 5.74. The highest BCUT2D eigenvalue weighted by Crippen LogP contribution is 2.37. The fourth-order valence-corrected chi connectivity index (χ4v) is 5.54. The van der Waals surface area contributed by atoms with Crippen LogP contribution in [0, 0.1) is 0 Å². The second kappa shape index (κ2) is 7.57. The third-order valence-corrected chi connectivity index (χ3v) is 7.18. The molecule has 1 fully saturated rings. The van der Waals surface area contributed by atoms with Gasteiger partial charge in [-0.1, -0.05) is 0 Å². The molecule has 0 aromatic carbocycles. The third-order valence-electron chi connectivity index (χ3n) is 5.39. The number of aromatic amines is 1.